The minimum Gasteiger partial charge on any atom is -0.299 e. The van der Waals surface area contributed by atoms with Gasteiger partial charge in [-0.25, -0.2) is 9.97 Å². The fourth-order valence-corrected chi connectivity index (χ4v) is 0.750. The smallest absolute Gasteiger partial charge is 0.138 e. The molecule has 0 aliphatic heterocycles. The van der Waals surface area contributed by atoms with Gasteiger partial charge in [0.25, 0.3) is 0 Å². The highest BCUT2D eigenvalue weighted by atomic mass is 16.1. The normalized spacial score (nSPS) is 9.55. The van der Waals surface area contributed by atoms with E-state index in [4.69, 9.17) is 0 Å². The van der Waals surface area contributed by atoms with E-state index in [9.17, 15) is 4.79 Å². The standard InChI is InChI=1S/C8H10N2O/c1-2-8(11)5-7-3-4-9-6-10-7/h3-4,6H,2,5H2,1H3. The Morgan fingerprint density at radius 2 is 2.45 bits per heavy atom. The highest BCUT2D eigenvalue weighted by Crippen LogP contribution is 1.95. The van der Waals surface area contributed by atoms with E-state index in [0.29, 0.717) is 12.8 Å². The molecule has 58 valence electrons. The number of Topliss-reactive ketones (excluding diaryl/α,β-unsaturated/α-hetero) is 1. The van der Waals surface area contributed by atoms with Crippen LogP contribution in [0.15, 0.2) is 18.6 Å². The van der Waals surface area contributed by atoms with Gasteiger partial charge in [0, 0.05) is 19.0 Å². The number of ketones is 1. The Labute approximate surface area is 65.5 Å². The average molecular weight is 150 g/mol. The van der Waals surface area contributed by atoms with Gasteiger partial charge in [0.1, 0.15) is 12.1 Å². The van der Waals surface area contributed by atoms with Gasteiger partial charge in [-0.15, -0.1) is 0 Å². The molecule has 3 heteroatoms. The minimum absolute atomic E-state index is 0.212. The van der Waals surface area contributed by atoms with Crippen molar-refractivity contribution in [3.05, 3.63) is 24.3 Å². The van der Waals surface area contributed by atoms with Gasteiger partial charge in [0.05, 0.1) is 5.69 Å². The van der Waals surface area contributed by atoms with Crippen LogP contribution >= 0.6 is 0 Å². The van der Waals surface area contributed by atoms with Crippen LogP contribution in [0.3, 0.4) is 0 Å². The molecule has 0 N–H and O–H groups in total. The van der Waals surface area contributed by atoms with E-state index in [1.165, 1.54) is 6.33 Å². The topological polar surface area (TPSA) is 42.9 Å². The van der Waals surface area contributed by atoms with Crippen molar-refractivity contribution in [2.45, 2.75) is 19.8 Å². The van der Waals surface area contributed by atoms with Crippen molar-refractivity contribution in [1.29, 1.82) is 0 Å². The second kappa shape index (κ2) is 3.81. The van der Waals surface area contributed by atoms with Crippen LogP contribution in [-0.2, 0) is 11.2 Å². The Balaban J connectivity index is 2.58. The van der Waals surface area contributed by atoms with E-state index in [1.807, 2.05) is 6.92 Å². The van der Waals surface area contributed by atoms with Gasteiger partial charge >= 0.3 is 0 Å². The molecule has 0 bridgehead atoms. The second-order valence-corrected chi connectivity index (χ2v) is 2.27. The molecular weight excluding hydrogens is 140 g/mol. The molecule has 1 aromatic heterocycles. The molecule has 3 nitrogen and oxygen atoms in total. The van der Waals surface area contributed by atoms with Crippen molar-refractivity contribution in [2.24, 2.45) is 0 Å². The van der Waals surface area contributed by atoms with Gasteiger partial charge in [-0.1, -0.05) is 6.92 Å². The third kappa shape index (κ3) is 2.45. The van der Waals surface area contributed by atoms with Crippen molar-refractivity contribution < 1.29 is 4.79 Å². The van der Waals surface area contributed by atoms with Gasteiger partial charge in [-0.05, 0) is 6.07 Å². The molecule has 0 amide bonds. The lowest BCUT2D eigenvalue weighted by Crippen LogP contribution is -2.01. The SMILES string of the molecule is CCC(=O)Cc1ccncn1. The second-order valence-electron chi connectivity index (χ2n) is 2.27. The molecule has 0 radical (unpaired) electrons. The molecule has 11 heavy (non-hydrogen) atoms. The molecule has 0 saturated carbocycles. The number of aromatic nitrogens is 2. The molecule has 0 atom stereocenters. The quantitative estimate of drug-likeness (QED) is 0.645. The zero-order valence-electron chi connectivity index (χ0n) is 6.45. The van der Waals surface area contributed by atoms with E-state index < -0.39 is 0 Å². The van der Waals surface area contributed by atoms with E-state index in [0.717, 1.165) is 5.69 Å². The lowest BCUT2D eigenvalue weighted by atomic mass is 10.2. The number of carbonyl (C=O) groups is 1. The van der Waals surface area contributed by atoms with E-state index in [-0.39, 0.29) is 5.78 Å². The number of rotatable bonds is 3. The average Bonchev–Trinajstić information content (AvgIpc) is 2.06. The lowest BCUT2D eigenvalue weighted by molar-refractivity contribution is -0.118. The summed E-state index contributed by atoms with van der Waals surface area (Å²) in [5.41, 5.74) is 0.798. The maximum absolute atomic E-state index is 10.9. The zero-order chi connectivity index (χ0) is 8.10. The monoisotopic (exact) mass is 150 g/mol. The van der Waals surface area contributed by atoms with Crippen molar-refractivity contribution in [2.75, 3.05) is 0 Å². The van der Waals surface area contributed by atoms with Crippen molar-refractivity contribution in [3.8, 4) is 0 Å². The van der Waals surface area contributed by atoms with E-state index >= 15 is 0 Å². The summed E-state index contributed by atoms with van der Waals surface area (Å²) in [7, 11) is 0. The van der Waals surface area contributed by atoms with Crippen LogP contribution in [0, 0.1) is 0 Å². The van der Waals surface area contributed by atoms with E-state index in [1.54, 1.807) is 12.3 Å². The first-order valence-electron chi connectivity index (χ1n) is 3.59. The van der Waals surface area contributed by atoms with Gasteiger partial charge in [-0.3, -0.25) is 4.79 Å². The largest absolute Gasteiger partial charge is 0.299 e. The first-order valence-corrected chi connectivity index (χ1v) is 3.59. The summed E-state index contributed by atoms with van der Waals surface area (Å²) in [6.07, 6.45) is 4.10. The molecule has 0 aliphatic carbocycles. The van der Waals surface area contributed by atoms with Gasteiger partial charge < -0.3 is 0 Å². The number of nitrogens with zero attached hydrogens (tertiary/aromatic N) is 2. The number of hydrogen-bond acceptors (Lipinski definition) is 3. The Morgan fingerprint density at radius 3 is 3.00 bits per heavy atom. The molecule has 0 unspecified atom stereocenters. The summed E-state index contributed by atoms with van der Waals surface area (Å²) in [5.74, 6) is 0.212. The van der Waals surface area contributed by atoms with Crippen LogP contribution in [0.5, 0.6) is 0 Å². The van der Waals surface area contributed by atoms with Crippen molar-refractivity contribution >= 4 is 5.78 Å². The first-order chi connectivity index (χ1) is 5.33. The van der Waals surface area contributed by atoms with Crippen LogP contribution in [0.25, 0.3) is 0 Å². The summed E-state index contributed by atoms with van der Waals surface area (Å²) in [6.45, 7) is 1.85. The maximum atomic E-state index is 10.9. The summed E-state index contributed by atoms with van der Waals surface area (Å²) >= 11 is 0. The molecule has 0 fully saturated rings. The molecule has 1 aromatic rings. The molecule has 0 saturated heterocycles. The number of hydrogen-bond donors (Lipinski definition) is 0. The number of carbonyl (C=O) groups excluding carboxylic acids is 1. The van der Waals surface area contributed by atoms with Crippen LogP contribution in [0.4, 0.5) is 0 Å². The Kier molecular flexibility index (Phi) is 2.72. The van der Waals surface area contributed by atoms with Crippen molar-refractivity contribution in [1.82, 2.24) is 9.97 Å². The highest BCUT2D eigenvalue weighted by molar-refractivity contribution is 5.79. The molecule has 0 aliphatic rings. The molecule has 1 heterocycles. The maximum Gasteiger partial charge on any atom is 0.138 e. The first kappa shape index (κ1) is 7.85. The van der Waals surface area contributed by atoms with E-state index in [2.05, 4.69) is 9.97 Å². The third-order valence-corrected chi connectivity index (χ3v) is 1.42. The molecule has 1 rings (SSSR count). The fourth-order valence-electron chi connectivity index (χ4n) is 0.750. The minimum atomic E-state index is 0.212. The lowest BCUT2D eigenvalue weighted by Gasteiger charge is -1.94. The zero-order valence-corrected chi connectivity index (χ0v) is 6.45. The predicted octanol–water partition coefficient (Wildman–Crippen LogP) is 0.998. The Hall–Kier alpha value is -1.25. The highest BCUT2D eigenvalue weighted by Gasteiger charge is 1.99. The van der Waals surface area contributed by atoms with Crippen LogP contribution < -0.4 is 0 Å². The van der Waals surface area contributed by atoms with Crippen LogP contribution in [0.1, 0.15) is 19.0 Å². The predicted molar refractivity (Wildman–Crippen MR) is 41.0 cm³/mol. The summed E-state index contributed by atoms with van der Waals surface area (Å²) in [5, 5.41) is 0. The van der Waals surface area contributed by atoms with Gasteiger partial charge in [-0.2, -0.15) is 0 Å². The molecular formula is C8H10N2O. The fraction of sp³-hybridized carbons (Fsp3) is 0.375. The summed E-state index contributed by atoms with van der Waals surface area (Å²) in [6, 6.07) is 1.76. The third-order valence-electron chi connectivity index (χ3n) is 1.42. The summed E-state index contributed by atoms with van der Waals surface area (Å²) in [4.78, 5) is 18.6. The molecule has 0 spiro atoms. The van der Waals surface area contributed by atoms with Crippen LogP contribution in [0.2, 0.25) is 0 Å². The van der Waals surface area contributed by atoms with Gasteiger partial charge in [0.15, 0.2) is 0 Å². The summed E-state index contributed by atoms with van der Waals surface area (Å²) < 4.78 is 0. The Bertz CT molecular complexity index is 233. The molecule has 0 aromatic carbocycles. The van der Waals surface area contributed by atoms with Gasteiger partial charge in [0.2, 0.25) is 0 Å². The Morgan fingerprint density at radius 1 is 1.64 bits per heavy atom. The van der Waals surface area contributed by atoms with Crippen LogP contribution in [-0.4, -0.2) is 15.8 Å². The van der Waals surface area contributed by atoms with Crippen molar-refractivity contribution in [3.63, 3.8) is 0 Å².